The lowest BCUT2D eigenvalue weighted by Gasteiger charge is -2.24. The molecule has 0 spiro atoms. The van der Waals surface area contributed by atoms with Crippen LogP contribution in [-0.2, 0) is 11.2 Å². The van der Waals surface area contributed by atoms with Crippen LogP contribution in [0.25, 0.3) is 6.08 Å². The van der Waals surface area contributed by atoms with Gasteiger partial charge in [0.25, 0.3) is 0 Å². The highest BCUT2D eigenvalue weighted by molar-refractivity contribution is 5.78. The van der Waals surface area contributed by atoms with E-state index in [1.807, 2.05) is 37.9 Å². The normalized spacial score (nSPS) is 14.4. The van der Waals surface area contributed by atoms with Crippen molar-refractivity contribution in [2.24, 2.45) is 11.1 Å². The first-order chi connectivity index (χ1) is 14.1. The van der Waals surface area contributed by atoms with Crippen molar-refractivity contribution in [1.29, 1.82) is 0 Å². The van der Waals surface area contributed by atoms with Crippen LogP contribution in [-0.4, -0.2) is 18.4 Å². The molecular formula is C26H36N2O2. The number of allylic oxidation sites excluding steroid dienone is 7. The Bertz CT molecular complexity index is 894. The van der Waals surface area contributed by atoms with Crippen LogP contribution in [0.3, 0.4) is 0 Å². The van der Waals surface area contributed by atoms with Crippen molar-refractivity contribution in [3.8, 4) is 0 Å². The number of carbonyl (C=O) groups is 1. The number of hydrogen-bond acceptors (Lipinski definition) is 4. The predicted molar refractivity (Wildman–Crippen MR) is 129 cm³/mol. The molecule has 0 atom stereocenters. The fourth-order valence-corrected chi connectivity index (χ4v) is 3.03. The molecule has 30 heavy (non-hydrogen) atoms. The van der Waals surface area contributed by atoms with Gasteiger partial charge in [-0.1, -0.05) is 69.7 Å². The van der Waals surface area contributed by atoms with E-state index in [4.69, 9.17) is 5.73 Å². The second-order valence-corrected chi connectivity index (χ2v) is 8.30. The quantitative estimate of drug-likeness (QED) is 0.237. The van der Waals surface area contributed by atoms with Gasteiger partial charge in [-0.3, -0.25) is 4.79 Å². The standard InChI is InChI=1S/C26H36N2O2/c1-8-21-11-10-12-22(25(21)28(7)24(27)9-2)14-13-19(3)15-23(26(4,5)6)16-20(17-29)18-30/h9-18,29H,8,27H2,1-7H3/b14-13+,19-15+,20-17-,23-16+,24-9+. The Hall–Kier alpha value is -3.01. The fraction of sp³-hybridized carbons (Fsp3) is 0.346. The van der Waals surface area contributed by atoms with Gasteiger partial charge in [0.05, 0.1) is 17.8 Å². The summed E-state index contributed by atoms with van der Waals surface area (Å²) in [6, 6.07) is 6.26. The van der Waals surface area contributed by atoms with E-state index in [2.05, 4.69) is 58.0 Å². The third-order valence-electron chi connectivity index (χ3n) is 4.93. The molecule has 0 amide bonds. The van der Waals surface area contributed by atoms with Crippen LogP contribution in [0.4, 0.5) is 5.69 Å². The van der Waals surface area contributed by atoms with Crippen LogP contribution < -0.4 is 10.6 Å². The van der Waals surface area contributed by atoms with E-state index in [9.17, 15) is 9.90 Å². The maximum absolute atomic E-state index is 11.1. The third kappa shape index (κ3) is 6.80. The number of aliphatic hydroxyl groups excluding tert-OH is 1. The van der Waals surface area contributed by atoms with Crippen LogP contribution in [0.1, 0.15) is 52.7 Å². The molecule has 0 heterocycles. The van der Waals surface area contributed by atoms with E-state index in [0.717, 1.165) is 35.1 Å². The summed E-state index contributed by atoms with van der Waals surface area (Å²) in [7, 11) is 1.98. The Morgan fingerprint density at radius 1 is 1.23 bits per heavy atom. The molecule has 1 aromatic carbocycles. The van der Waals surface area contributed by atoms with Crippen LogP contribution in [0.5, 0.6) is 0 Å². The number of nitrogens with two attached hydrogens (primary N) is 1. The van der Waals surface area contributed by atoms with Gasteiger partial charge in [0.1, 0.15) is 0 Å². The van der Waals surface area contributed by atoms with E-state index in [1.54, 1.807) is 6.08 Å². The van der Waals surface area contributed by atoms with Crippen molar-refractivity contribution in [3.63, 3.8) is 0 Å². The highest BCUT2D eigenvalue weighted by Gasteiger charge is 2.16. The van der Waals surface area contributed by atoms with Gasteiger partial charge in [-0.25, -0.2) is 0 Å². The molecule has 1 aromatic rings. The van der Waals surface area contributed by atoms with Crippen molar-refractivity contribution in [3.05, 3.63) is 82.4 Å². The number of aldehydes is 1. The van der Waals surface area contributed by atoms with Gasteiger partial charge in [0, 0.05) is 12.6 Å². The summed E-state index contributed by atoms with van der Waals surface area (Å²) in [6.07, 6.45) is 12.2. The molecule has 0 aliphatic carbocycles. The number of nitrogens with zero attached hydrogens (tertiary/aromatic N) is 1. The van der Waals surface area contributed by atoms with Crippen LogP contribution in [0, 0.1) is 5.41 Å². The molecule has 3 N–H and O–H groups in total. The Morgan fingerprint density at radius 2 is 1.90 bits per heavy atom. The van der Waals surface area contributed by atoms with Gasteiger partial charge in [0.2, 0.25) is 0 Å². The van der Waals surface area contributed by atoms with Gasteiger partial charge in [-0.2, -0.15) is 0 Å². The minimum Gasteiger partial charge on any atom is -0.515 e. The molecule has 0 radical (unpaired) electrons. The zero-order valence-corrected chi connectivity index (χ0v) is 19.4. The minimum atomic E-state index is -0.180. The van der Waals surface area contributed by atoms with E-state index in [1.165, 1.54) is 5.56 Å². The smallest absolute Gasteiger partial charge is 0.153 e. The Morgan fingerprint density at radius 3 is 2.40 bits per heavy atom. The second kappa shape index (κ2) is 11.2. The highest BCUT2D eigenvalue weighted by Crippen LogP contribution is 2.30. The average molecular weight is 409 g/mol. The van der Waals surface area contributed by atoms with Gasteiger partial charge in [-0.15, -0.1) is 0 Å². The lowest BCUT2D eigenvalue weighted by Crippen LogP contribution is -2.24. The lowest BCUT2D eigenvalue weighted by molar-refractivity contribution is -0.104. The number of benzene rings is 1. The lowest BCUT2D eigenvalue weighted by atomic mass is 9.84. The number of para-hydroxylation sites is 1. The maximum atomic E-state index is 11.1. The monoisotopic (exact) mass is 408 g/mol. The molecule has 0 bridgehead atoms. The molecule has 0 aliphatic heterocycles. The van der Waals surface area contributed by atoms with Crippen molar-refractivity contribution >= 4 is 18.0 Å². The van der Waals surface area contributed by atoms with Gasteiger partial charge >= 0.3 is 0 Å². The number of aliphatic hydroxyl groups is 1. The molecule has 4 heteroatoms. The average Bonchev–Trinajstić information content (AvgIpc) is 2.72. The fourth-order valence-electron chi connectivity index (χ4n) is 3.03. The first-order valence-electron chi connectivity index (χ1n) is 10.2. The van der Waals surface area contributed by atoms with Crippen molar-refractivity contribution in [1.82, 2.24) is 0 Å². The van der Waals surface area contributed by atoms with Crippen molar-refractivity contribution < 1.29 is 9.90 Å². The molecule has 0 unspecified atom stereocenters. The zero-order chi connectivity index (χ0) is 22.9. The predicted octanol–water partition coefficient (Wildman–Crippen LogP) is 6.08. The Kier molecular flexibility index (Phi) is 9.38. The highest BCUT2D eigenvalue weighted by atomic mass is 16.2. The van der Waals surface area contributed by atoms with Gasteiger partial charge in [0.15, 0.2) is 6.29 Å². The Labute approximate surface area is 181 Å². The van der Waals surface area contributed by atoms with E-state index < -0.39 is 0 Å². The summed E-state index contributed by atoms with van der Waals surface area (Å²) in [5.74, 6) is 0.702. The van der Waals surface area contributed by atoms with Crippen LogP contribution in [0.2, 0.25) is 0 Å². The number of anilines is 1. The number of rotatable bonds is 8. The number of aryl methyl sites for hydroxylation is 1. The SMILES string of the molecule is C/C=C(\N)N(C)c1c(/C=C/C(C)=C/C(=C\C(C=O)=C\O)C(C)(C)C)cccc1CC. The second-order valence-electron chi connectivity index (χ2n) is 8.30. The zero-order valence-electron chi connectivity index (χ0n) is 19.4. The van der Waals surface area contributed by atoms with E-state index in [-0.39, 0.29) is 11.0 Å². The molecular weight excluding hydrogens is 372 g/mol. The molecule has 0 fully saturated rings. The van der Waals surface area contributed by atoms with Crippen LogP contribution >= 0.6 is 0 Å². The summed E-state index contributed by atoms with van der Waals surface area (Å²) in [6.45, 7) is 12.3. The van der Waals surface area contributed by atoms with E-state index in [0.29, 0.717) is 12.1 Å². The number of carbonyl (C=O) groups excluding carboxylic acids is 1. The third-order valence-corrected chi connectivity index (χ3v) is 4.93. The minimum absolute atomic E-state index is 0.180. The summed E-state index contributed by atoms with van der Waals surface area (Å²) < 4.78 is 0. The summed E-state index contributed by atoms with van der Waals surface area (Å²) in [5, 5.41) is 9.23. The van der Waals surface area contributed by atoms with Gasteiger partial charge < -0.3 is 15.7 Å². The molecule has 0 aromatic heterocycles. The summed E-state index contributed by atoms with van der Waals surface area (Å²) in [5.41, 5.74) is 11.6. The van der Waals surface area contributed by atoms with Crippen molar-refractivity contribution in [2.45, 2.75) is 48.0 Å². The summed E-state index contributed by atoms with van der Waals surface area (Å²) >= 11 is 0. The molecule has 1 rings (SSSR count). The molecule has 0 saturated heterocycles. The maximum Gasteiger partial charge on any atom is 0.153 e. The van der Waals surface area contributed by atoms with Crippen LogP contribution in [0.15, 0.2) is 71.3 Å². The Balaban J connectivity index is 3.42. The first kappa shape index (κ1) is 25.0. The molecule has 0 aliphatic rings. The summed E-state index contributed by atoms with van der Waals surface area (Å²) in [4.78, 5) is 13.1. The first-order valence-corrected chi connectivity index (χ1v) is 10.2. The molecule has 162 valence electrons. The number of hydrogen-bond donors (Lipinski definition) is 2. The largest absolute Gasteiger partial charge is 0.515 e. The van der Waals surface area contributed by atoms with Crippen molar-refractivity contribution in [2.75, 3.05) is 11.9 Å². The van der Waals surface area contributed by atoms with Gasteiger partial charge in [-0.05, 0) is 54.5 Å². The molecule has 0 saturated carbocycles. The molecule has 4 nitrogen and oxygen atoms in total. The van der Waals surface area contributed by atoms with E-state index >= 15 is 0 Å². The topological polar surface area (TPSA) is 66.6 Å².